The smallest absolute Gasteiger partial charge is 0.271 e. The molecule has 0 bridgehead atoms. The Morgan fingerprint density at radius 3 is 2.78 bits per heavy atom. The zero-order valence-electron chi connectivity index (χ0n) is 16.2. The van der Waals surface area contributed by atoms with Gasteiger partial charge in [-0.2, -0.15) is 0 Å². The minimum atomic E-state index is -0.0337. The van der Waals surface area contributed by atoms with Crippen molar-refractivity contribution < 1.29 is 9.59 Å². The second kappa shape index (κ2) is 6.83. The highest BCUT2D eigenvalue weighted by Crippen LogP contribution is 2.35. The van der Waals surface area contributed by atoms with E-state index < -0.39 is 0 Å². The van der Waals surface area contributed by atoms with E-state index >= 15 is 0 Å². The van der Waals surface area contributed by atoms with Crippen LogP contribution in [0.25, 0.3) is 0 Å². The van der Waals surface area contributed by atoms with Crippen LogP contribution in [0.2, 0.25) is 0 Å². The fraction of sp³-hybridized carbons (Fsp3) is 0.476. The summed E-state index contributed by atoms with van der Waals surface area (Å²) in [5.74, 6) is 1.28. The van der Waals surface area contributed by atoms with Crippen molar-refractivity contribution in [3.8, 4) is 0 Å². The molecule has 0 saturated heterocycles. The number of hydrogen-bond acceptors (Lipinski definition) is 3. The van der Waals surface area contributed by atoms with Gasteiger partial charge in [0.05, 0.1) is 12.2 Å². The highest BCUT2D eigenvalue weighted by molar-refractivity contribution is 5.93. The second-order valence-corrected chi connectivity index (χ2v) is 7.77. The van der Waals surface area contributed by atoms with Crippen LogP contribution in [-0.4, -0.2) is 51.8 Å². The molecule has 0 radical (unpaired) electrons. The van der Waals surface area contributed by atoms with Gasteiger partial charge in [0.25, 0.3) is 5.91 Å². The molecule has 2 aliphatic rings. The van der Waals surface area contributed by atoms with Gasteiger partial charge >= 0.3 is 0 Å². The van der Waals surface area contributed by atoms with E-state index in [0.29, 0.717) is 37.7 Å². The molecule has 1 aliphatic carbocycles. The van der Waals surface area contributed by atoms with Gasteiger partial charge in [-0.25, -0.2) is 4.98 Å². The average Bonchev–Trinajstić information content (AvgIpc) is 3.20. The summed E-state index contributed by atoms with van der Waals surface area (Å²) in [6, 6.07) is 8.46. The molecule has 27 heavy (non-hydrogen) atoms. The standard InChI is InChI=1S/C21H26N4O2/c1-14-20(21(27)23(2)3)25-11-10-24(13-18(25)22-14)19(26)12-16-9-8-15-6-4-5-7-17(15)16/h4-7,16H,8-13H2,1-3H3/t16-/m1/s1. The molecule has 0 N–H and O–H groups in total. The van der Waals surface area contributed by atoms with Gasteiger partial charge in [0, 0.05) is 33.6 Å². The summed E-state index contributed by atoms with van der Waals surface area (Å²) >= 11 is 0. The van der Waals surface area contributed by atoms with Crippen molar-refractivity contribution in [2.45, 2.75) is 45.2 Å². The Kier molecular flexibility index (Phi) is 4.50. The largest absolute Gasteiger partial charge is 0.343 e. The average molecular weight is 366 g/mol. The normalized spacial score (nSPS) is 18.2. The highest BCUT2D eigenvalue weighted by Gasteiger charge is 2.31. The van der Waals surface area contributed by atoms with Crippen molar-refractivity contribution in [2.75, 3.05) is 20.6 Å². The monoisotopic (exact) mass is 366 g/mol. The van der Waals surface area contributed by atoms with Gasteiger partial charge in [-0.05, 0) is 36.8 Å². The Hall–Kier alpha value is -2.63. The maximum Gasteiger partial charge on any atom is 0.271 e. The molecule has 6 nitrogen and oxygen atoms in total. The molecule has 1 aliphatic heterocycles. The summed E-state index contributed by atoms with van der Waals surface area (Å²) in [6.07, 6.45) is 2.67. The number of carbonyl (C=O) groups excluding carboxylic acids is 2. The maximum atomic E-state index is 12.9. The zero-order chi connectivity index (χ0) is 19.1. The molecule has 1 aromatic carbocycles. The summed E-state index contributed by atoms with van der Waals surface area (Å²) in [5, 5.41) is 0. The molecule has 0 fully saturated rings. The molecule has 0 unspecified atom stereocenters. The van der Waals surface area contributed by atoms with Gasteiger partial charge in [-0.3, -0.25) is 9.59 Å². The number of imidazole rings is 1. The lowest BCUT2D eigenvalue weighted by Gasteiger charge is -2.29. The lowest BCUT2D eigenvalue weighted by Crippen LogP contribution is -2.40. The summed E-state index contributed by atoms with van der Waals surface area (Å²) in [7, 11) is 3.50. The molecule has 1 atom stereocenters. The Morgan fingerprint density at radius 2 is 2.00 bits per heavy atom. The van der Waals surface area contributed by atoms with E-state index in [9.17, 15) is 9.59 Å². The van der Waals surface area contributed by atoms with Crippen LogP contribution in [-0.2, 0) is 24.3 Å². The predicted octanol–water partition coefficient (Wildman–Crippen LogP) is 2.36. The van der Waals surface area contributed by atoms with Crippen LogP contribution in [0.5, 0.6) is 0 Å². The second-order valence-electron chi connectivity index (χ2n) is 7.77. The van der Waals surface area contributed by atoms with Gasteiger partial charge in [0.15, 0.2) is 0 Å². The molecular weight excluding hydrogens is 340 g/mol. The van der Waals surface area contributed by atoms with Crippen molar-refractivity contribution in [1.29, 1.82) is 0 Å². The van der Waals surface area contributed by atoms with E-state index in [0.717, 1.165) is 24.4 Å². The van der Waals surface area contributed by atoms with Crippen molar-refractivity contribution >= 4 is 11.8 Å². The van der Waals surface area contributed by atoms with Crippen molar-refractivity contribution in [1.82, 2.24) is 19.4 Å². The van der Waals surface area contributed by atoms with Gasteiger partial charge in [0.1, 0.15) is 11.5 Å². The van der Waals surface area contributed by atoms with Crippen LogP contribution in [0.15, 0.2) is 24.3 Å². The Balaban J connectivity index is 1.48. The lowest BCUT2D eigenvalue weighted by molar-refractivity contribution is -0.133. The maximum absolute atomic E-state index is 12.9. The number of fused-ring (bicyclic) bond motifs is 2. The quantitative estimate of drug-likeness (QED) is 0.838. The molecule has 2 amide bonds. The predicted molar refractivity (Wildman–Crippen MR) is 103 cm³/mol. The van der Waals surface area contributed by atoms with Crippen LogP contribution in [0.1, 0.15) is 51.9 Å². The zero-order valence-corrected chi connectivity index (χ0v) is 16.2. The third-order valence-corrected chi connectivity index (χ3v) is 5.79. The SMILES string of the molecule is Cc1nc2n(c1C(=O)N(C)C)CCN(C(=O)C[C@H]1CCc3ccccc31)C2. The first-order valence-corrected chi connectivity index (χ1v) is 9.59. The molecule has 2 heterocycles. The topological polar surface area (TPSA) is 58.4 Å². The first-order valence-electron chi connectivity index (χ1n) is 9.59. The Morgan fingerprint density at radius 1 is 1.22 bits per heavy atom. The number of hydrogen-bond donors (Lipinski definition) is 0. The molecule has 142 valence electrons. The molecule has 1 aromatic heterocycles. The summed E-state index contributed by atoms with van der Waals surface area (Å²) < 4.78 is 1.98. The Bertz CT molecular complexity index is 900. The van der Waals surface area contributed by atoms with Crippen LogP contribution in [0, 0.1) is 6.92 Å². The van der Waals surface area contributed by atoms with Gasteiger partial charge in [0.2, 0.25) is 5.91 Å². The first kappa shape index (κ1) is 17.8. The number of amides is 2. The Labute approximate surface area is 159 Å². The molecule has 6 heteroatoms. The van der Waals surface area contributed by atoms with E-state index in [1.165, 1.54) is 11.1 Å². The molecule has 2 aromatic rings. The molecule has 4 rings (SSSR count). The summed E-state index contributed by atoms with van der Waals surface area (Å²) in [4.78, 5) is 33.4. The number of carbonyl (C=O) groups is 2. The van der Waals surface area contributed by atoms with Crippen molar-refractivity contribution in [3.63, 3.8) is 0 Å². The summed E-state index contributed by atoms with van der Waals surface area (Å²) in [5.41, 5.74) is 4.10. The minimum absolute atomic E-state index is 0.0337. The third kappa shape index (κ3) is 3.13. The fourth-order valence-corrected chi connectivity index (χ4v) is 4.36. The van der Waals surface area contributed by atoms with E-state index in [-0.39, 0.29) is 11.8 Å². The number of nitrogens with zero attached hydrogens (tertiary/aromatic N) is 4. The fourth-order valence-electron chi connectivity index (χ4n) is 4.36. The molecular formula is C21H26N4O2. The minimum Gasteiger partial charge on any atom is -0.343 e. The lowest BCUT2D eigenvalue weighted by atomic mass is 9.97. The van der Waals surface area contributed by atoms with Crippen LogP contribution >= 0.6 is 0 Å². The number of aryl methyl sites for hydroxylation is 2. The van der Waals surface area contributed by atoms with Crippen LogP contribution in [0.4, 0.5) is 0 Å². The molecule has 0 spiro atoms. The van der Waals surface area contributed by atoms with E-state index in [1.807, 2.05) is 16.4 Å². The van der Waals surface area contributed by atoms with Crippen LogP contribution in [0.3, 0.4) is 0 Å². The van der Waals surface area contributed by atoms with E-state index in [2.05, 4.69) is 29.2 Å². The van der Waals surface area contributed by atoms with Crippen molar-refractivity contribution in [2.24, 2.45) is 0 Å². The van der Waals surface area contributed by atoms with Gasteiger partial charge < -0.3 is 14.4 Å². The summed E-state index contributed by atoms with van der Waals surface area (Å²) in [6.45, 7) is 3.60. The van der Waals surface area contributed by atoms with Crippen LogP contribution < -0.4 is 0 Å². The molecule has 0 saturated carbocycles. The number of aromatic nitrogens is 2. The first-order chi connectivity index (χ1) is 13.0. The van der Waals surface area contributed by atoms with E-state index in [1.54, 1.807) is 19.0 Å². The van der Waals surface area contributed by atoms with Crippen molar-refractivity contribution in [3.05, 3.63) is 52.6 Å². The van der Waals surface area contributed by atoms with Gasteiger partial charge in [-0.1, -0.05) is 24.3 Å². The number of benzene rings is 1. The number of rotatable bonds is 3. The third-order valence-electron chi connectivity index (χ3n) is 5.79. The highest BCUT2D eigenvalue weighted by atomic mass is 16.2. The van der Waals surface area contributed by atoms with E-state index in [4.69, 9.17) is 0 Å². The van der Waals surface area contributed by atoms with Gasteiger partial charge in [-0.15, -0.1) is 0 Å².